The SMILES string of the molecule is COc1ccc(-c2cc3cc(-c4cnc(OC)c(NS(=O)(=O)c5ccc(F)cc5F)c4)ccc3nc2N)c(OC)c1OC. The van der Waals surface area contributed by atoms with Crippen LogP contribution in [0.1, 0.15) is 0 Å². The van der Waals surface area contributed by atoms with Gasteiger partial charge in [-0.15, -0.1) is 0 Å². The topological polar surface area (TPSA) is 135 Å². The third-order valence-corrected chi connectivity index (χ3v) is 8.04. The molecule has 5 rings (SSSR count). The van der Waals surface area contributed by atoms with Gasteiger partial charge in [0.15, 0.2) is 11.5 Å². The number of halogens is 2. The Labute approximate surface area is 246 Å². The van der Waals surface area contributed by atoms with Crippen molar-refractivity contribution >= 4 is 32.4 Å². The number of aromatic nitrogens is 2. The first-order valence-corrected chi connectivity index (χ1v) is 14.1. The summed E-state index contributed by atoms with van der Waals surface area (Å²) in [6.07, 6.45) is 1.50. The number of hydrogen-bond acceptors (Lipinski definition) is 9. The van der Waals surface area contributed by atoms with E-state index in [9.17, 15) is 17.2 Å². The maximum Gasteiger partial charge on any atom is 0.264 e. The first kappa shape index (κ1) is 29.3. The van der Waals surface area contributed by atoms with E-state index in [1.807, 2.05) is 12.1 Å². The predicted molar refractivity (Wildman–Crippen MR) is 158 cm³/mol. The molecular weight excluding hydrogens is 582 g/mol. The minimum Gasteiger partial charge on any atom is -0.493 e. The lowest BCUT2D eigenvalue weighted by Gasteiger charge is -2.17. The normalized spacial score (nSPS) is 11.3. The first-order chi connectivity index (χ1) is 20.6. The van der Waals surface area contributed by atoms with Crippen molar-refractivity contribution in [3.05, 3.63) is 78.5 Å². The quantitative estimate of drug-likeness (QED) is 0.217. The molecule has 13 heteroatoms. The molecule has 0 radical (unpaired) electrons. The maximum absolute atomic E-state index is 14.3. The van der Waals surface area contributed by atoms with Crippen molar-refractivity contribution in [3.8, 4) is 45.4 Å². The van der Waals surface area contributed by atoms with Crippen LogP contribution in [0.15, 0.2) is 71.8 Å². The van der Waals surface area contributed by atoms with Crippen LogP contribution in [0.4, 0.5) is 20.3 Å². The summed E-state index contributed by atoms with van der Waals surface area (Å²) < 4.78 is 77.6. The van der Waals surface area contributed by atoms with E-state index >= 15 is 0 Å². The van der Waals surface area contributed by atoms with E-state index < -0.39 is 26.6 Å². The van der Waals surface area contributed by atoms with Crippen molar-refractivity contribution in [1.29, 1.82) is 0 Å². The molecular formula is C30H26F2N4O6S. The summed E-state index contributed by atoms with van der Waals surface area (Å²) in [4.78, 5) is 8.06. The lowest BCUT2D eigenvalue weighted by Crippen LogP contribution is -2.15. The second-order valence-electron chi connectivity index (χ2n) is 9.17. The number of anilines is 2. The number of benzene rings is 3. The molecule has 0 amide bonds. The summed E-state index contributed by atoms with van der Waals surface area (Å²) in [6.45, 7) is 0. The second-order valence-corrected chi connectivity index (χ2v) is 10.8. The van der Waals surface area contributed by atoms with E-state index in [0.717, 1.165) is 12.1 Å². The van der Waals surface area contributed by atoms with Crippen molar-refractivity contribution < 1.29 is 36.1 Å². The molecule has 2 aromatic heterocycles. The fraction of sp³-hybridized carbons (Fsp3) is 0.133. The number of rotatable bonds is 9. The summed E-state index contributed by atoms with van der Waals surface area (Å²) >= 11 is 0. The van der Waals surface area contributed by atoms with Gasteiger partial charge in [0, 0.05) is 34.3 Å². The second kappa shape index (κ2) is 11.6. The third-order valence-electron chi connectivity index (χ3n) is 6.64. The van der Waals surface area contributed by atoms with Gasteiger partial charge >= 0.3 is 0 Å². The van der Waals surface area contributed by atoms with E-state index in [2.05, 4.69) is 14.7 Å². The van der Waals surface area contributed by atoms with Crippen molar-refractivity contribution in [3.63, 3.8) is 0 Å². The first-order valence-electron chi connectivity index (χ1n) is 12.6. The molecule has 0 bridgehead atoms. The van der Waals surface area contributed by atoms with Gasteiger partial charge in [-0.25, -0.2) is 27.2 Å². The van der Waals surface area contributed by atoms with Gasteiger partial charge in [0.1, 0.15) is 28.0 Å². The molecule has 3 N–H and O–H groups in total. The number of nitrogens with zero attached hydrogens (tertiary/aromatic N) is 2. The average molecular weight is 609 g/mol. The summed E-state index contributed by atoms with van der Waals surface area (Å²) in [7, 11) is 1.40. The van der Waals surface area contributed by atoms with Gasteiger partial charge in [-0.2, -0.15) is 0 Å². The van der Waals surface area contributed by atoms with Gasteiger partial charge in [-0.05, 0) is 54.1 Å². The lowest BCUT2D eigenvalue weighted by atomic mass is 9.99. The zero-order valence-electron chi connectivity index (χ0n) is 23.4. The van der Waals surface area contributed by atoms with E-state index in [4.69, 9.17) is 24.7 Å². The molecule has 0 aliphatic heterocycles. The van der Waals surface area contributed by atoms with E-state index in [0.29, 0.717) is 56.5 Å². The van der Waals surface area contributed by atoms with E-state index in [-0.39, 0.29) is 17.4 Å². The van der Waals surface area contributed by atoms with Crippen molar-refractivity contribution in [1.82, 2.24) is 9.97 Å². The number of methoxy groups -OCH3 is 4. The molecule has 0 aliphatic rings. The van der Waals surface area contributed by atoms with Gasteiger partial charge in [0.2, 0.25) is 11.6 Å². The van der Waals surface area contributed by atoms with Crippen molar-refractivity contribution in [2.24, 2.45) is 0 Å². The minimum atomic E-state index is -4.45. The molecule has 0 aliphatic carbocycles. The highest BCUT2D eigenvalue weighted by Crippen LogP contribution is 2.46. The van der Waals surface area contributed by atoms with Gasteiger partial charge in [0.05, 0.1) is 34.0 Å². The fourth-order valence-corrected chi connectivity index (χ4v) is 5.75. The van der Waals surface area contributed by atoms with E-state index in [1.165, 1.54) is 40.7 Å². The third kappa shape index (κ3) is 5.54. The molecule has 2 heterocycles. The predicted octanol–water partition coefficient (Wildman–Crippen LogP) is 5.66. The Kier molecular flexibility index (Phi) is 7.91. The van der Waals surface area contributed by atoms with Crippen LogP contribution in [-0.2, 0) is 10.0 Å². The Morgan fingerprint density at radius 1 is 0.791 bits per heavy atom. The monoisotopic (exact) mass is 608 g/mol. The average Bonchev–Trinajstić information content (AvgIpc) is 2.99. The van der Waals surface area contributed by atoms with Crippen LogP contribution in [0.5, 0.6) is 23.1 Å². The molecule has 0 saturated heterocycles. The summed E-state index contributed by atoms with van der Waals surface area (Å²) in [5, 5.41) is 0.713. The van der Waals surface area contributed by atoms with Gasteiger partial charge < -0.3 is 24.7 Å². The maximum atomic E-state index is 14.3. The molecule has 5 aromatic rings. The Morgan fingerprint density at radius 2 is 1.56 bits per heavy atom. The van der Waals surface area contributed by atoms with Crippen LogP contribution in [0.25, 0.3) is 33.2 Å². The summed E-state index contributed by atoms with van der Waals surface area (Å²) in [5.74, 6) is -0.625. The molecule has 10 nitrogen and oxygen atoms in total. The highest BCUT2D eigenvalue weighted by molar-refractivity contribution is 7.92. The largest absolute Gasteiger partial charge is 0.493 e. The highest BCUT2D eigenvalue weighted by atomic mass is 32.2. The van der Waals surface area contributed by atoms with Gasteiger partial charge in [0.25, 0.3) is 10.0 Å². The van der Waals surface area contributed by atoms with Crippen molar-refractivity contribution in [2.45, 2.75) is 4.90 Å². The zero-order chi connectivity index (χ0) is 30.9. The van der Waals surface area contributed by atoms with Crippen LogP contribution in [0.3, 0.4) is 0 Å². The highest BCUT2D eigenvalue weighted by Gasteiger charge is 2.23. The number of nitrogens with two attached hydrogens (primary N) is 1. The molecule has 0 saturated carbocycles. The van der Waals surface area contributed by atoms with E-state index in [1.54, 1.807) is 24.3 Å². The molecule has 0 atom stereocenters. The standard InChI is InChI=1S/C30H26F2N4O6S/c1-39-25-9-7-20(27(40-2)28(25)41-3)21-12-17-11-16(5-8-23(17)35-29(21)33)18-13-24(30(42-4)34-15-18)36-43(37,38)26-10-6-19(31)14-22(26)32/h5-15,36H,1-4H3,(H2,33,35). The fourth-order valence-electron chi connectivity index (χ4n) is 4.64. The van der Waals surface area contributed by atoms with Gasteiger partial charge in [-0.1, -0.05) is 6.07 Å². The number of nitrogens with one attached hydrogen (secondary N) is 1. The summed E-state index contributed by atoms with van der Waals surface area (Å²) in [6, 6.07) is 14.4. The lowest BCUT2D eigenvalue weighted by molar-refractivity contribution is 0.325. The molecule has 0 fully saturated rings. The number of fused-ring (bicyclic) bond motifs is 1. The Morgan fingerprint density at radius 3 is 2.23 bits per heavy atom. The van der Waals surface area contributed by atoms with Crippen LogP contribution >= 0.6 is 0 Å². The van der Waals surface area contributed by atoms with Crippen LogP contribution in [0, 0.1) is 11.6 Å². The van der Waals surface area contributed by atoms with Crippen molar-refractivity contribution in [2.75, 3.05) is 38.9 Å². The molecule has 3 aromatic carbocycles. The van der Waals surface area contributed by atoms with Crippen LogP contribution in [-0.4, -0.2) is 46.8 Å². The molecule has 43 heavy (non-hydrogen) atoms. The van der Waals surface area contributed by atoms with Crippen LogP contribution in [0.2, 0.25) is 0 Å². The smallest absolute Gasteiger partial charge is 0.264 e. The Balaban J connectivity index is 1.58. The zero-order valence-corrected chi connectivity index (χ0v) is 24.3. The summed E-state index contributed by atoms with van der Waals surface area (Å²) in [5.41, 5.74) is 9.32. The number of pyridine rings is 2. The number of ether oxygens (including phenoxy) is 4. The number of nitrogen functional groups attached to an aromatic ring is 1. The van der Waals surface area contributed by atoms with Crippen LogP contribution < -0.4 is 29.4 Å². The Hall–Kier alpha value is -5.17. The Bertz CT molecular complexity index is 1970. The molecule has 0 unspecified atom stereocenters. The molecule has 0 spiro atoms. The minimum absolute atomic E-state index is 0.0463. The molecule has 222 valence electrons. The number of hydrogen-bond donors (Lipinski definition) is 2. The van der Waals surface area contributed by atoms with Gasteiger partial charge in [-0.3, -0.25) is 4.72 Å². The number of sulfonamides is 1.